The molecule has 5 N–H and O–H groups in total. The van der Waals surface area contributed by atoms with Gasteiger partial charge in [-0.3, -0.25) is 19.2 Å². The first kappa shape index (κ1) is 21.9. The van der Waals surface area contributed by atoms with E-state index in [-0.39, 0.29) is 31.6 Å². The Kier molecular flexibility index (Phi) is 7.70. The van der Waals surface area contributed by atoms with Crippen LogP contribution in [0.2, 0.25) is 0 Å². The number of aliphatic carboxylic acids is 2. The first-order chi connectivity index (χ1) is 13.8. The number of benzene rings is 1. The molecule has 3 atom stereocenters. The van der Waals surface area contributed by atoms with Crippen molar-refractivity contribution in [2.45, 2.75) is 50.2 Å². The van der Waals surface area contributed by atoms with E-state index in [1.54, 1.807) is 30.3 Å². The Hall–Kier alpha value is -3.43. The first-order valence-electron chi connectivity index (χ1n) is 9.15. The van der Waals surface area contributed by atoms with E-state index >= 15 is 0 Å². The summed E-state index contributed by atoms with van der Waals surface area (Å²) >= 11 is 0. The van der Waals surface area contributed by atoms with Crippen molar-refractivity contribution in [1.29, 1.82) is 0 Å². The summed E-state index contributed by atoms with van der Waals surface area (Å²) in [7, 11) is 0. The Balaban J connectivity index is 2.05. The number of carboxylic acid groups (broad SMARTS) is 2. The van der Waals surface area contributed by atoms with E-state index in [1.807, 2.05) is 0 Å². The molecule has 29 heavy (non-hydrogen) atoms. The highest BCUT2D eigenvalue weighted by atomic mass is 16.4. The smallest absolute Gasteiger partial charge is 0.326 e. The third-order valence-corrected chi connectivity index (χ3v) is 4.49. The van der Waals surface area contributed by atoms with Crippen molar-refractivity contribution in [2.75, 3.05) is 0 Å². The van der Waals surface area contributed by atoms with Gasteiger partial charge in [-0.05, 0) is 18.4 Å². The molecule has 1 heterocycles. The number of hydrogen-bond donors (Lipinski definition) is 5. The maximum atomic E-state index is 12.6. The summed E-state index contributed by atoms with van der Waals surface area (Å²) < 4.78 is 0. The van der Waals surface area contributed by atoms with Crippen molar-refractivity contribution in [3.8, 4) is 0 Å². The van der Waals surface area contributed by atoms with Gasteiger partial charge in [0.1, 0.15) is 18.1 Å². The van der Waals surface area contributed by atoms with E-state index in [1.165, 1.54) is 0 Å². The molecule has 10 heteroatoms. The van der Waals surface area contributed by atoms with Crippen LogP contribution in [0.4, 0.5) is 0 Å². The molecule has 3 amide bonds. The summed E-state index contributed by atoms with van der Waals surface area (Å²) in [4.78, 5) is 58.6. The highest BCUT2D eigenvalue weighted by Crippen LogP contribution is 2.09. The van der Waals surface area contributed by atoms with Crippen LogP contribution < -0.4 is 16.0 Å². The van der Waals surface area contributed by atoms with Crippen LogP contribution in [0.25, 0.3) is 0 Å². The fraction of sp³-hybridized carbons (Fsp3) is 0.421. The maximum absolute atomic E-state index is 12.6. The first-order valence-corrected chi connectivity index (χ1v) is 9.15. The van der Waals surface area contributed by atoms with Crippen LogP contribution in [0.5, 0.6) is 0 Å². The summed E-state index contributed by atoms with van der Waals surface area (Å²) in [5, 5.41) is 25.6. The monoisotopic (exact) mass is 405 g/mol. The van der Waals surface area contributed by atoms with Crippen LogP contribution in [-0.2, 0) is 30.4 Å². The Morgan fingerprint density at radius 1 is 1.07 bits per heavy atom. The number of rotatable bonds is 10. The zero-order valence-electron chi connectivity index (χ0n) is 15.6. The molecule has 0 radical (unpaired) electrons. The average Bonchev–Trinajstić information content (AvgIpc) is 3.11. The second-order valence-corrected chi connectivity index (χ2v) is 6.74. The summed E-state index contributed by atoms with van der Waals surface area (Å²) in [6.07, 6.45) is -0.136. The Morgan fingerprint density at radius 2 is 1.76 bits per heavy atom. The van der Waals surface area contributed by atoms with Gasteiger partial charge in [0.15, 0.2) is 0 Å². The molecule has 0 bridgehead atoms. The molecule has 156 valence electrons. The number of hydrogen-bond acceptors (Lipinski definition) is 5. The molecule has 1 saturated heterocycles. The van der Waals surface area contributed by atoms with E-state index < -0.39 is 48.3 Å². The normalized spacial score (nSPS) is 17.7. The Bertz CT molecular complexity index is 781. The van der Waals surface area contributed by atoms with Gasteiger partial charge in [-0.15, -0.1) is 0 Å². The lowest BCUT2D eigenvalue weighted by Crippen LogP contribution is -2.55. The summed E-state index contributed by atoms with van der Waals surface area (Å²) in [5.74, 6) is -4.12. The minimum absolute atomic E-state index is 0.0280. The summed E-state index contributed by atoms with van der Waals surface area (Å²) in [6.45, 7) is 0. The molecule has 1 fully saturated rings. The molecule has 0 aromatic heterocycles. The van der Waals surface area contributed by atoms with Gasteiger partial charge in [-0.2, -0.15) is 0 Å². The molecular formula is C19H23N3O7. The van der Waals surface area contributed by atoms with Gasteiger partial charge in [0, 0.05) is 19.3 Å². The van der Waals surface area contributed by atoms with Crippen molar-refractivity contribution in [3.05, 3.63) is 35.9 Å². The molecule has 1 aliphatic heterocycles. The predicted molar refractivity (Wildman–Crippen MR) is 99.7 cm³/mol. The molecule has 1 aromatic carbocycles. The molecule has 0 saturated carbocycles. The molecule has 1 aromatic rings. The minimum atomic E-state index is -1.26. The van der Waals surface area contributed by atoms with Crippen LogP contribution in [0.1, 0.15) is 31.2 Å². The molecule has 0 spiro atoms. The fourth-order valence-corrected chi connectivity index (χ4v) is 2.94. The highest BCUT2D eigenvalue weighted by molar-refractivity contribution is 5.95. The molecule has 2 rings (SSSR count). The Morgan fingerprint density at radius 3 is 2.31 bits per heavy atom. The summed E-state index contributed by atoms with van der Waals surface area (Å²) in [5.41, 5.74) is 0.694. The highest BCUT2D eigenvalue weighted by Gasteiger charge is 2.32. The topological polar surface area (TPSA) is 162 Å². The fourth-order valence-electron chi connectivity index (χ4n) is 2.94. The second-order valence-electron chi connectivity index (χ2n) is 6.74. The zero-order chi connectivity index (χ0) is 21.4. The van der Waals surface area contributed by atoms with E-state index in [0.29, 0.717) is 5.56 Å². The van der Waals surface area contributed by atoms with Crippen molar-refractivity contribution >= 4 is 29.7 Å². The number of carboxylic acids is 2. The van der Waals surface area contributed by atoms with Crippen molar-refractivity contribution < 1.29 is 34.2 Å². The van der Waals surface area contributed by atoms with Gasteiger partial charge in [-0.25, -0.2) is 4.79 Å². The quantitative estimate of drug-likeness (QED) is 0.348. The standard InChI is InChI=1S/C19H23N3O7/c23-15-8-6-12(20-15)17(26)21-13(7-9-16(24)25)18(27)22-14(19(28)29)10-11-4-2-1-3-5-11/h1-5,12-14H,6-10H2,(H,20,23)(H,21,26)(H,22,27)(H,24,25)(H,28,29). The third kappa shape index (κ3) is 6.91. The molecular weight excluding hydrogens is 382 g/mol. The molecule has 0 aliphatic carbocycles. The van der Waals surface area contributed by atoms with E-state index in [2.05, 4.69) is 16.0 Å². The van der Waals surface area contributed by atoms with Crippen LogP contribution in [0, 0.1) is 0 Å². The van der Waals surface area contributed by atoms with Crippen molar-refractivity contribution in [2.24, 2.45) is 0 Å². The van der Waals surface area contributed by atoms with Gasteiger partial charge in [0.25, 0.3) is 0 Å². The minimum Gasteiger partial charge on any atom is -0.481 e. The maximum Gasteiger partial charge on any atom is 0.326 e. The SMILES string of the molecule is O=C(O)CCC(NC(=O)C1CCC(=O)N1)C(=O)NC(Cc1ccccc1)C(=O)O. The molecule has 10 nitrogen and oxygen atoms in total. The van der Waals surface area contributed by atoms with E-state index in [4.69, 9.17) is 5.11 Å². The lowest BCUT2D eigenvalue weighted by Gasteiger charge is -2.22. The second kappa shape index (κ2) is 10.2. The van der Waals surface area contributed by atoms with Crippen LogP contribution in [-0.4, -0.2) is 58.0 Å². The largest absolute Gasteiger partial charge is 0.481 e. The van der Waals surface area contributed by atoms with Gasteiger partial charge in [0.2, 0.25) is 17.7 Å². The van der Waals surface area contributed by atoms with Crippen LogP contribution >= 0.6 is 0 Å². The lowest BCUT2D eigenvalue weighted by molar-refractivity contribution is -0.143. The zero-order valence-corrected chi connectivity index (χ0v) is 15.6. The number of carbonyl (C=O) groups is 5. The third-order valence-electron chi connectivity index (χ3n) is 4.49. The molecule has 3 unspecified atom stereocenters. The number of amides is 3. The molecule has 1 aliphatic rings. The van der Waals surface area contributed by atoms with Crippen molar-refractivity contribution in [1.82, 2.24) is 16.0 Å². The van der Waals surface area contributed by atoms with Gasteiger partial charge in [-0.1, -0.05) is 30.3 Å². The van der Waals surface area contributed by atoms with Crippen LogP contribution in [0.15, 0.2) is 30.3 Å². The average molecular weight is 405 g/mol. The van der Waals surface area contributed by atoms with Crippen LogP contribution in [0.3, 0.4) is 0 Å². The lowest BCUT2D eigenvalue weighted by atomic mass is 10.0. The number of nitrogens with one attached hydrogen (secondary N) is 3. The van der Waals surface area contributed by atoms with E-state index in [0.717, 1.165) is 0 Å². The predicted octanol–water partition coefficient (Wildman–Crippen LogP) is -0.573. The summed E-state index contributed by atoms with van der Waals surface area (Å²) in [6, 6.07) is 5.39. The van der Waals surface area contributed by atoms with Crippen molar-refractivity contribution in [3.63, 3.8) is 0 Å². The van der Waals surface area contributed by atoms with Gasteiger partial charge >= 0.3 is 11.9 Å². The Labute approximate surface area is 166 Å². The van der Waals surface area contributed by atoms with E-state index in [9.17, 15) is 29.1 Å². The van der Waals surface area contributed by atoms with Gasteiger partial charge < -0.3 is 26.2 Å². The van der Waals surface area contributed by atoms with Gasteiger partial charge in [0.05, 0.1) is 0 Å². The number of carbonyl (C=O) groups excluding carboxylic acids is 3.